The van der Waals surface area contributed by atoms with Gasteiger partial charge in [-0.3, -0.25) is 4.79 Å². The zero-order valence-corrected chi connectivity index (χ0v) is 20.1. The van der Waals surface area contributed by atoms with Crippen LogP contribution in [0.4, 0.5) is 5.95 Å². The van der Waals surface area contributed by atoms with Crippen molar-refractivity contribution in [2.45, 2.75) is 25.2 Å². The fraction of sp³-hybridized carbons (Fsp3) is 0.222. The van der Waals surface area contributed by atoms with Crippen molar-refractivity contribution in [1.82, 2.24) is 14.9 Å². The van der Waals surface area contributed by atoms with Crippen molar-refractivity contribution in [3.05, 3.63) is 87.9 Å². The fourth-order valence-corrected chi connectivity index (χ4v) is 5.31. The van der Waals surface area contributed by atoms with Gasteiger partial charge in [-0.2, -0.15) is 0 Å². The maximum atomic E-state index is 13.0. The molecule has 0 spiro atoms. The zero-order chi connectivity index (χ0) is 23.7. The maximum Gasteiger partial charge on any atom is 0.227 e. The molecule has 0 saturated carbocycles. The summed E-state index contributed by atoms with van der Waals surface area (Å²) in [5, 5.41) is 2.09. The molecule has 1 aliphatic rings. The first-order valence-corrected chi connectivity index (χ1v) is 12.1. The molecule has 0 atom stereocenters. The Bertz CT molecular complexity index is 1330. The largest absolute Gasteiger partial charge is 0.368 e. The third kappa shape index (κ3) is 4.46. The van der Waals surface area contributed by atoms with Gasteiger partial charge in [0.05, 0.1) is 17.6 Å². The molecular formula is C27H24Cl2N4O. The normalized spacial score (nSPS) is 14.5. The minimum atomic E-state index is 0.0486. The number of likely N-dealkylation sites (tertiary alicyclic amines) is 1. The van der Waals surface area contributed by atoms with Crippen molar-refractivity contribution in [2.75, 3.05) is 18.8 Å². The fourth-order valence-electron chi connectivity index (χ4n) is 4.78. The van der Waals surface area contributed by atoms with E-state index in [2.05, 4.69) is 16.0 Å². The van der Waals surface area contributed by atoms with Crippen molar-refractivity contribution in [2.24, 2.45) is 0 Å². The molecule has 4 aromatic rings. The van der Waals surface area contributed by atoms with Crippen molar-refractivity contribution >= 4 is 46.0 Å². The number of halogens is 2. The monoisotopic (exact) mass is 490 g/mol. The lowest BCUT2D eigenvalue weighted by atomic mass is 9.85. The molecule has 0 aliphatic carbocycles. The van der Waals surface area contributed by atoms with Crippen LogP contribution in [0, 0.1) is 0 Å². The summed E-state index contributed by atoms with van der Waals surface area (Å²) in [6.45, 7) is 1.36. The minimum Gasteiger partial charge on any atom is -0.368 e. The van der Waals surface area contributed by atoms with Gasteiger partial charge >= 0.3 is 0 Å². The number of aromatic nitrogens is 2. The summed E-state index contributed by atoms with van der Waals surface area (Å²) in [4.78, 5) is 24.0. The molecule has 1 aromatic heterocycles. The van der Waals surface area contributed by atoms with Gasteiger partial charge in [0.2, 0.25) is 11.9 Å². The number of nitrogens with zero attached hydrogens (tertiary/aromatic N) is 3. The number of carbonyl (C=O) groups is 1. The Morgan fingerprint density at radius 3 is 2.29 bits per heavy atom. The number of rotatable bonds is 4. The molecule has 5 nitrogen and oxygen atoms in total. The van der Waals surface area contributed by atoms with Crippen LogP contribution in [0.3, 0.4) is 0 Å². The number of hydrogen-bond donors (Lipinski definition) is 1. The number of hydrogen-bond acceptors (Lipinski definition) is 4. The average Bonchev–Trinajstić information content (AvgIpc) is 2.86. The lowest BCUT2D eigenvalue weighted by Crippen LogP contribution is -2.38. The van der Waals surface area contributed by atoms with Gasteiger partial charge in [-0.1, -0.05) is 71.7 Å². The second-order valence-electron chi connectivity index (χ2n) is 8.57. The molecule has 1 fully saturated rings. The third-order valence-corrected chi connectivity index (χ3v) is 7.21. The summed E-state index contributed by atoms with van der Waals surface area (Å²) >= 11 is 12.5. The molecule has 1 saturated heterocycles. The van der Waals surface area contributed by atoms with Crippen molar-refractivity contribution in [3.8, 4) is 11.3 Å². The Hall–Kier alpha value is -3.15. The van der Waals surface area contributed by atoms with Gasteiger partial charge in [0.15, 0.2) is 0 Å². The van der Waals surface area contributed by atoms with Crippen molar-refractivity contribution in [3.63, 3.8) is 0 Å². The van der Waals surface area contributed by atoms with Gasteiger partial charge in [-0.05, 0) is 48.1 Å². The summed E-state index contributed by atoms with van der Waals surface area (Å²) in [6, 6.07) is 21.5. The molecule has 0 bridgehead atoms. The van der Waals surface area contributed by atoms with E-state index in [0.29, 0.717) is 34.6 Å². The molecule has 0 radical (unpaired) electrons. The molecule has 3 aromatic carbocycles. The highest BCUT2D eigenvalue weighted by molar-refractivity contribution is 6.36. The molecule has 0 unspecified atom stereocenters. The van der Waals surface area contributed by atoms with Gasteiger partial charge in [0.1, 0.15) is 0 Å². The Morgan fingerprint density at radius 1 is 0.912 bits per heavy atom. The Labute approximate surface area is 208 Å². The molecule has 1 aliphatic heterocycles. The Morgan fingerprint density at radius 2 is 1.59 bits per heavy atom. The van der Waals surface area contributed by atoms with Crippen LogP contribution < -0.4 is 5.73 Å². The van der Waals surface area contributed by atoms with Crippen LogP contribution in [0.25, 0.3) is 22.2 Å². The van der Waals surface area contributed by atoms with E-state index in [4.69, 9.17) is 28.9 Å². The predicted octanol–water partition coefficient (Wildman–Crippen LogP) is 6.13. The summed E-state index contributed by atoms with van der Waals surface area (Å²) in [5.74, 6) is 0.612. The summed E-state index contributed by atoms with van der Waals surface area (Å²) in [5.41, 5.74) is 10.6. The second kappa shape index (κ2) is 9.61. The van der Waals surface area contributed by atoms with E-state index in [1.165, 1.54) is 5.56 Å². The van der Waals surface area contributed by atoms with Crippen molar-refractivity contribution < 1.29 is 4.79 Å². The highest BCUT2D eigenvalue weighted by Crippen LogP contribution is 2.37. The standard InChI is InChI=1S/C27H24Cl2N4O/c28-21-9-5-10-22(29)20(21)16-24(34)33-14-12-17(13-15-33)19-8-4-11-23-25(19)26(32-27(30)31-23)18-6-2-1-3-7-18/h1-11,17H,12-16H2,(H2,30,31,32). The number of fused-ring (bicyclic) bond motifs is 1. The van der Waals surface area contributed by atoms with E-state index in [0.717, 1.165) is 35.0 Å². The lowest BCUT2D eigenvalue weighted by molar-refractivity contribution is -0.131. The first-order chi connectivity index (χ1) is 16.5. The number of amides is 1. The van der Waals surface area contributed by atoms with Crippen LogP contribution in [0.15, 0.2) is 66.7 Å². The van der Waals surface area contributed by atoms with E-state index >= 15 is 0 Å². The first-order valence-electron chi connectivity index (χ1n) is 11.3. The number of anilines is 1. The Kier molecular flexibility index (Phi) is 6.40. The van der Waals surface area contributed by atoms with Crippen LogP contribution in [-0.4, -0.2) is 33.9 Å². The van der Waals surface area contributed by atoms with Crippen LogP contribution in [-0.2, 0) is 11.2 Å². The number of benzene rings is 3. The molecule has 172 valence electrons. The van der Waals surface area contributed by atoms with E-state index in [1.807, 2.05) is 47.4 Å². The first kappa shape index (κ1) is 22.6. The molecule has 7 heteroatoms. The SMILES string of the molecule is Nc1nc(-c2ccccc2)c2c(C3CCN(C(=O)Cc4c(Cl)cccc4Cl)CC3)cccc2n1. The van der Waals surface area contributed by atoms with Crippen LogP contribution >= 0.6 is 23.2 Å². The van der Waals surface area contributed by atoms with Crippen LogP contribution in [0.2, 0.25) is 10.0 Å². The van der Waals surface area contributed by atoms with E-state index in [1.54, 1.807) is 18.2 Å². The smallest absolute Gasteiger partial charge is 0.227 e. The summed E-state index contributed by atoms with van der Waals surface area (Å²) < 4.78 is 0. The molecule has 2 N–H and O–H groups in total. The molecule has 34 heavy (non-hydrogen) atoms. The van der Waals surface area contributed by atoms with Crippen molar-refractivity contribution in [1.29, 1.82) is 0 Å². The van der Waals surface area contributed by atoms with Crippen LogP contribution in [0.5, 0.6) is 0 Å². The summed E-state index contributed by atoms with van der Waals surface area (Å²) in [6.07, 6.45) is 1.93. The van der Waals surface area contributed by atoms with E-state index in [9.17, 15) is 4.79 Å². The maximum absolute atomic E-state index is 13.0. The molecule has 5 rings (SSSR count). The Balaban J connectivity index is 1.40. The van der Waals surface area contributed by atoms with Crippen LogP contribution in [0.1, 0.15) is 29.9 Å². The predicted molar refractivity (Wildman–Crippen MR) is 138 cm³/mol. The lowest BCUT2D eigenvalue weighted by Gasteiger charge is -2.33. The number of carbonyl (C=O) groups excluding carboxylic acids is 1. The zero-order valence-electron chi connectivity index (χ0n) is 18.5. The molecular weight excluding hydrogens is 467 g/mol. The van der Waals surface area contributed by atoms with E-state index < -0.39 is 0 Å². The van der Waals surface area contributed by atoms with Gasteiger partial charge in [0, 0.05) is 34.1 Å². The van der Waals surface area contributed by atoms with Gasteiger partial charge < -0.3 is 10.6 Å². The number of piperidine rings is 1. The number of nitrogen functional groups attached to an aromatic ring is 1. The highest BCUT2D eigenvalue weighted by atomic mass is 35.5. The highest BCUT2D eigenvalue weighted by Gasteiger charge is 2.27. The second-order valence-corrected chi connectivity index (χ2v) is 9.38. The van der Waals surface area contributed by atoms with E-state index in [-0.39, 0.29) is 18.3 Å². The average molecular weight is 491 g/mol. The number of nitrogens with two attached hydrogens (primary N) is 1. The quantitative estimate of drug-likeness (QED) is 0.373. The van der Waals surface area contributed by atoms with Gasteiger partial charge in [-0.15, -0.1) is 0 Å². The topological polar surface area (TPSA) is 72.1 Å². The minimum absolute atomic E-state index is 0.0486. The van der Waals surface area contributed by atoms with Gasteiger partial charge in [-0.25, -0.2) is 9.97 Å². The summed E-state index contributed by atoms with van der Waals surface area (Å²) in [7, 11) is 0. The van der Waals surface area contributed by atoms with Gasteiger partial charge in [0.25, 0.3) is 0 Å². The third-order valence-electron chi connectivity index (χ3n) is 6.50. The molecule has 2 heterocycles. The molecule has 1 amide bonds.